The molecule has 0 aromatic heterocycles. The number of rotatable bonds is 4. The molecule has 1 unspecified atom stereocenters. The first-order valence-electron chi connectivity index (χ1n) is 5.81. The Hall–Kier alpha value is -1.31. The summed E-state index contributed by atoms with van der Waals surface area (Å²) in [5.74, 6) is -1.62. The van der Waals surface area contributed by atoms with Crippen LogP contribution in [0.25, 0.3) is 0 Å². The zero-order valence-corrected chi connectivity index (χ0v) is 11.1. The van der Waals surface area contributed by atoms with Crippen molar-refractivity contribution in [2.24, 2.45) is 5.92 Å². The van der Waals surface area contributed by atoms with Crippen molar-refractivity contribution in [1.29, 1.82) is 0 Å². The molecule has 2 amide bonds. The van der Waals surface area contributed by atoms with E-state index in [1.165, 1.54) is 4.90 Å². The number of urea groups is 1. The van der Waals surface area contributed by atoms with Crippen LogP contribution >= 0.6 is 0 Å². The van der Waals surface area contributed by atoms with Gasteiger partial charge in [-0.3, -0.25) is 4.79 Å². The fourth-order valence-corrected chi connectivity index (χ4v) is 2.85. The Morgan fingerprint density at radius 3 is 2.33 bits per heavy atom. The van der Waals surface area contributed by atoms with E-state index in [1.807, 2.05) is 0 Å². The van der Waals surface area contributed by atoms with E-state index in [1.54, 1.807) is 6.92 Å². The number of carboxylic acid groups (broad SMARTS) is 1. The largest absolute Gasteiger partial charge is 0.481 e. The maximum atomic E-state index is 11.7. The summed E-state index contributed by atoms with van der Waals surface area (Å²) in [7, 11) is -3.01. The maximum Gasteiger partial charge on any atom is 0.317 e. The molecule has 0 bridgehead atoms. The van der Waals surface area contributed by atoms with Crippen LogP contribution in [-0.2, 0) is 14.6 Å². The van der Waals surface area contributed by atoms with Gasteiger partial charge in [0.2, 0.25) is 0 Å². The minimum atomic E-state index is -3.01. The van der Waals surface area contributed by atoms with Gasteiger partial charge in [-0.05, 0) is 6.42 Å². The molecule has 7 nitrogen and oxygen atoms in total. The van der Waals surface area contributed by atoms with E-state index in [2.05, 4.69) is 5.32 Å². The average molecular weight is 278 g/mol. The van der Waals surface area contributed by atoms with Crippen LogP contribution in [0.3, 0.4) is 0 Å². The van der Waals surface area contributed by atoms with Crippen molar-refractivity contribution >= 4 is 21.8 Å². The fourth-order valence-electron chi connectivity index (χ4n) is 1.64. The molecular formula is C10H18N2O5S. The number of sulfone groups is 1. The monoisotopic (exact) mass is 278 g/mol. The highest BCUT2D eigenvalue weighted by Gasteiger charge is 2.25. The number of nitrogens with one attached hydrogen (secondary N) is 1. The van der Waals surface area contributed by atoms with Gasteiger partial charge >= 0.3 is 12.0 Å². The van der Waals surface area contributed by atoms with Crippen LogP contribution in [0, 0.1) is 5.92 Å². The SMILES string of the molecule is CCC(CNC(=O)N1CCS(=O)(=O)CC1)C(=O)O. The molecule has 1 aliphatic rings. The summed E-state index contributed by atoms with van der Waals surface area (Å²) in [5, 5.41) is 11.3. The Morgan fingerprint density at radius 2 is 1.89 bits per heavy atom. The highest BCUT2D eigenvalue weighted by Crippen LogP contribution is 2.05. The minimum absolute atomic E-state index is 0.0312. The highest BCUT2D eigenvalue weighted by molar-refractivity contribution is 7.91. The first kappa shape index (κ1) is 14.7. The van der Waals surface area contributed by atoms with Gasteiger partial charge < -0.3 is 15.3 Å². The van der Waals surface area contributed by atoms with E-state index in [4.69, 9.17) is 5.11 Å². The standard InChI is InChI=1S/C10H18N2O5S/c1-2-8(9(13)14)7-11-10(15)12-3-5-18(16,17)6-4-12/h8H,2-7H2,1H3,(H,11,15)(H,13,14). The Balaban J connectivity index is 2.40. The van der Waals surface area contributed by atoms with Crippen LogP contribution in [0.5, 0.6) is 0 Å². The lowest BCUT2D eigenvalue weighted by Crippen LogP contribution is -2.49. The molecule has 104 valence electrons. The Kier molecular flexibility index (Phi) is 4.94. The van der Waals surface area contributed by atoms with E-state index in [0.717, 1.165) is 0 Å². The molecule has 0 saturated carbocycles. The third-order valence-corrected chi connectivity index (χ3v) is 4.58. The predicted molar refractivity (Wildman–Crippen MR) is 65.0 cm³/mol. The quantitative estimate of drug-likeness (QED) is 0.724. The third kappa shape index (κ3) is 4.17. The lowest BCUT2D eigenvalue weighted by atomic mass is 10.1. The molecule has 1 atom stereocenters. The van der Waals surface area contributed by atoms with Crippen LogP contribution < -0.4 is 5.32 Å². The number of amides is 2. The Morgan fingerprint density at radius 1 is 1.33 bits per heavy atom. The van der Waals surface area contributed by atoms with Crippen molar-refractivity contribution in [2.75, 3.05) is 31.1 Å². The van der Waals surface area contributed by atoms with Crippen molar-refractivity contribution in [1.82, 2.24) is 10.2 Å². The molecule has 1 rings (SSSR count). The number of carboxylic acids is 1. The van der Waals surface area contributed by atoms with E-state index < -0.39 is 27.8 Å². The second kappa shape index (κ2) is 6.03. The lowest BCUT2D eigenvalue weighted by molar-refractivity contribution is -0.141. The van der Waals surface area contributed by atoms with Crippen molar-refractivity contribution < 1.29 is 23.1 Å². The summed E-state index contributed by atoms with van der Waals surface area (Å²) in [6.07, 6.45) is 0.435. The summed E-state index contributed by atoms with van der Waals surface area (Å²) < 4.78 is 22.4. The number of hydrogen-bond acceptors (Lipinski definition) is 4. The van der Waals surface area contributed by atoms with Gasteiger partial charge in [-0.15, -0.1) is 0 Å². The molecule has 0 aromatic carbocycles. The van der Waals surface area contributed by atoms with E-state index in [-0.39, 0.29) is 31.1 Å². The molecule has 8 heteroatoms. The number of aliphatic carboxylic acids is 1. The second-order valence-corrected chi connectivity index (χ2v) is 6.57. The molecule has 18 heavy (non-hydrogen) atoms. The van der Waals surface area contributed by atoms with Gasteiger partial charge in [0, 0.05) is 19.6 Å². The maximum absolute atomic E-state index is 11.7. The molecule has 0 aliphatic carbocycles. The zero-order valence-electron chi connectivity index (χ0n) is 10.3. The molecule has 0 aromatic rings. The molecule has 0 radical (unpaired) electrons. The van der Waals surface area contributed by atoms with Crippen LogP contribution in [0.4, 0.5) is 4.79 Å². The van der Waals surface area contributed by atoms with Crippen molar-refractivity contribution in [2.45, 2.75) is 13.3 Å². The van der Waals surface area contributed by atoms with Gasteiger partial charge in [-0.2, -0.15) is 0 Å². The summed E-state index contributed by atoms with van der Waals surface area (Å²) in [6.45, 7) is 2.13. The van der Waals surface area contributed by atoms with Gasteiger partial charge in [0.15, 0.2) is 9.84 Å². The molecule has 1 fully saturated rings. The number of carbonyl (C=O) groups is 2. The van der Waals surface area contributed by atoms with E-state index in [0.29, 0.717) is 6.42 Å². The summed E-state index contributed by atoms with van der Waals surface area (Å²) in [5.41, 5.74) is 0. The van der Waals surface area contributed by atoms with Crippen LogP contribution in [0.2, 0.25) is 0 Å². The Labute approximate surface area is 106 Å². The molecule has 1 saturated heterocycles. The first-order valence-corrected chi connectivity index (χ1v) is 7.64. The highest BCUT2D eigenvalue weighted by atomic mass is 32.2. The number of nitrogens with zero attached hydrogens (tertiary/aromatic N) is 1. The molecule has 2 N–H and O–H groups in total. The van der Waals surface area contributed by atoms with Crippen LogP contribution in [0.1, 0.15) is 13.3 Å². The van der Waals surface area contributed by atoms with Gasteiger partial charge in [-0.1, -0.05) is 6.92 Å². The number of hydrogen-bond donors (Lipinski definition) is 2. The normalized spacial score (nSPS) is 20.2. The van der Waals surface area contributed by atoms with Gasteiger partial charge in [-0.25, -0.2) is 13.2 Å². The number of carbonyl (C=O) groups excluding carboxylic acids is 1. The molecular weight excluding hydrogens is 260 g/mol. The van der Waals surface area contributed by atoms with Gasteiger partial charge in [0.25, 0.3) is 0 Å². The van der Waals surface area contributed by atoms with Crippen molar-refractivity contribution in [3.8, 4) is 0 Å². The fraction of sp³-hybridized carbons (Fsp3) is 0.800. The lowest BCUT2D eigenvalue weighted by Gasteiger charge is -2.27. The summed E-state index contributed by atoms with van der Waals surface area (Å²) >= 11 is 0. The van der Waals surface area contributed by atoms with Gasteiger partial charge in [0.1, 0.15) is 0 Å². The van der Waals surface area contributed by atoms with Crippen LogP contribution in [0.15, 0.2) is 0 Å². The third-order valence-electron chi connectivity index (χ3n) is 2.97. The summed E-state index contributed by atoms with van der Waals surface area (Å²) in [6, 6.07) is -0.399. The predicted octanol–water partition coefficient (Wildman–Crippen LogP) is -0.463. The Bertz CT molecular complexity index is 406. The summed E-state index contributed by atoms with van der Waals surface area (Å²) in [4.78, 5) is 23.8. The van der Waals surface area contributed by atoms with Crippen molar-refractivity contribution in [3.05, 3.63) is 0 Å². The topological polar surface area (TPSA) is 104 Å². The molecule has 0 spiro atoms. The first-order chi connectivity index (χ1) is 8.35. The van der Waals surface area contributed by atoms with E-state index >= 15 is 0 Å². The molecule has 1 heterocycles. The average Bonchev–Trinajstić information content (AvgIpc) is 2.29. The smallest absolute Gasteiger partial charge is 0.317 e. The van der Waals surface area contributed by atoms with Crippen molar-refractivity contribution in [3.63, 3.8) is 0 Å². The second-order valence-electron chi connectivity index (χ2n) is 4.27. The van der Waals surface area contributed by atoms with Gasteiger partial charge in [0.05, 0.1) is 17.4 Å². The zero-order chi connectivity index (χ0) is 13.8. The van der Waals surface area contributed by atoms with Crippen LogP contribution in [-0.4, -0.2) is 61.6 Å². The molecule has 1 aliphatic heterocycles. The minimum Gasteiger partial charge on any atom is -0.481 e. The van der Waals surface area contributed by atoms with E-state index in [9.17, 15) is 18.0 Å².